The molecule has 1 fully saturated rings. The van der Waals surface area contributed by atoms with Gasteiger partial charge in [-0.1, -0.05) is 38.8 Å². The van der Waals surface area contributed by atoms with Crippen molar-refractivity contribution >= 4 is 11.6 Å². The molecule has 21 heavy (non-hydrogen) atoms. The summed E-state index contributed by atoms with van der Waals surface area (Å²) in [6.07, 6.45) is 5.04. The standard InChI is InChI=1S/C18H28ClNO/c1-5-18(2,3)13-6-11-16(20-4)17(12-13)21-15-9-7-14(19)8-10-15/h7-10,13,16-17,20H,5-6,11-12H2,1-4H3. The predicted molar refractivity (Wildman–Crippen MR) is 90.1 cm³/mol. The SMILES string of the molecule is CCC(C)(C)C1CCC(NC)C(Oc2ccc(Cl)cc2)C1. The Morgan fingerprint density at radius 3 is 2.48 bits per heavy atom. The van der Waals surface area contributed by atoms with Crippen molar-refractivity contribution in [3.05, 3.63) is 29.3 Å². The van der Waals surface area contributed by atoms with Gasteiger partial charge in [0.2, 0.25) is 0 Å². The van der Waals surface area contributed by atoms with Crippen LogP contribution >= 0.6 is 11.6 Å². The molecule has 1 aliphatic carbocycles. The first kappa shape index (κ1) is 16.6. The van der Waals surface area contributed by atoms with Crippen LogP contribution in [0.25, 0.3) is 0 Å². The molecule has 3 heteroatoms. The van der Waals surface area contributed by atoms with Gasteiger partial charge in [-0.2, -0.15) is 0 Å². The summed E-state index contributed by atoms with van der Waals surface area (Å²) in [5.74, 6) is 1.64. The van der Waals surface area contributed by atoms with Crippen molar-refractivity contribution in [3.8, 4) is 5.75 Å². The fraction of sp³-hybridized carbons (Fsp3) is 0.667. The van der Waals surface area contributed by atoms with E-state index in [2.05, 4.69) is 26.1 Å². The third kappa shape index (κ3) is 4.14. The number of halogens is 1. The molecular weight excluding hydrogens is 282 g/mol. The van der Waals surface area contributed by atoms with E-state index in [9.17, 15) is 0 Å². The van der Waals surface area contributed by atoms with Gasteiger partial charge in [0.1, 0.15) is 11.9 Å². The first-order valence-corrected chi connectivity index (χ1v) is 8.43. The molecule has 3 unspecified atom stereocenters. The van der Waals surface area contributed by atoms with Crippen molar-refractivity contribution in [1.29, 1.82) is 0 Å². The minimum atomic E-state index is 0.237. The number of hydrogen-bond acceptors (Lipinski definition) is 2. The third-order valence-corrected chi connectivity index (χ3v) is 5.53. The van der Waals surface area contributed by atoms with Gasteiger partial charge < -0.3 is 10.1 Å². The summed E-state index contributed by atoms with van der Waals surface area (Å²) in [5.41, 5.74) is 0.389. The van der Waals surface area contributed by atoms with Gasteiger partial charge in [0.15, 0.2) is 0 Å². The van der Waals surface area contributed by atoms with Crippen molar-refractivity contribution in [1.82, 2.24) is 5.32 Å². The van der Waals surface area contributed by atoms with Crippen LogP contribution < -0.4 is 10.1 Å². The second-order valence-electron chi connectivity index (χ2n) is 6.86. The second kappa shape index (κ2) is 7.02. The highest BCUT2D eigenvalue weighted by Crippen LogP contribution is 2.41. The van der Waals surface area contributed by atoms with Crippen molar-refractivity contribution in [2.24, 2.45) is 11.3 Å². The maximum atomic E-state index is 6.26. The summed E-state index contributed by atoms with van der Waals surface area (Å²) in [7, 11) is 2.04. The summed E-state index contributed by atoms with van der Waals surface area (Å²) in [5, 5.41) is 4.18. The molecule has 1 aromatic carbocycles. The first-order valence-electron chi connectivity index (χ1n) is 8.05. The molecule has 2 nitrogen and oxygen atoms in total. The number of ether oxygens (including phenoxy) is 1. The maximum absolute atomic E-state index is 6.26. The molecule has 0 aliphatic heterocycles. The molecule has 0 heterocycles. The smallest absolute Gasteiger partial charge is 0.119 e. The van der Waals surface area contributed by atoms with Gasteiger partial charge in [-0.25, -0.2) is 0 Å². The summed E-state index contributed by atoms with van der Waals surface area (Å²) in [6, 6.07) is 8.14. The summed E-state index contributed by atoms with van der Waals surface area (Å²) < 4.78 is 6.26. The summed E-state index contributed by atoms with van der Waals surface area (Å²) in [6.45, 7) is 7.06. The quantitative estimate of drug-likeness (QED) is 0.834. The van der Waals surface area contributed by atoms with E-state index >= 15 is 0 Å². The van der Waals surface area contributed by atoms with Crippen LogP contribution in [0.2, 0.25) is 5.02 Å². The number of hydrogen-bond donors (Lipinski definition) is 1. The second-order valence-corrected chi connectivity index (χ2v) is 7.29. The molecule has 1 N–H and O–H groups in total. The molecule has 0 bridgehead atoms. The van der Waals surface area contributed by atoms with E-state index in [0.717, 1.165) is 23.1 Å². The van der Waals surface area contributed by atoms with Gasteiger partial charge in [0, 0.05) is 11.1 Å². The summed E-state index contributed by atoms with van der Waals surface area (Å²) >= 11 is 5.94. The third-order valence-electron chi connectivity index (χ3n) is 5.28. The monoisotopic (exact) mass is 309 g/mol. The lowest BCUT2D eigenvalue weighted by Gasteiger charge is -2.42. The van der Waals surface area contributed by atoms with Crippen LogP contribution in [-0.4, -0.2) is 19.2 Å². The average Bonchev–Trinajstić information content (AvgIpc) is 2.49. The Kier molecular flexibility index (Phi) is 5.56. The fourth-order valence-electron chi connectivity index (χ4n) is 3.28. The molecule has 1 aromatic rings. The minimum Gasteiger partial charge on any atom is -0.489 e. The normalized spacial score (nSPS) is 26.6. The Balaban J connectivity index is 2.08. The lowest BCUT2D eigenvalue weighted by Crippen LogP contribution is -2.48. The fourth-order valence-corrected chi connectivity index (χ4v) is 3.40. The van der Waals surface area contributed by atoms with Crippen molar-refractivity contribution < 1.29 is 4.74 Å². The molecule has 0 aromatic heterocycles. The topological polar surface area (TPSA) is 21.3 Å². The van der Waals surface area contributed by atoms with Crippen LogP contribution in [0.5, 0.6) is 5.75 Å². The maximum Gasteiger partial charge on any atom is 0.119 e. The largest absolute Gasteiger partial charge is 0.489 e. The Morgan fingerprint density at radius 2 is 1.90 bits per heavy atom. The zero-order valence-electron chi connectivity index (χ0n) is 13.7. The van der Waals surface area contributed by atoms with Gasteiger partial charge in [-0.3, -0.25) is 0 Å². The van der Waals surface area contributed by atoms with Gasteiger partial charge in [-0.05, 0) is 61.9 Å². The molecule has 0 amide bonds. The van der Waals surface area contributed by atoms with E-state index in [0.29, 0.717) is 11.5 Å². The van der Waals surface area contributed by atoms with Crippen LogP contribution in [0.15, 0.2) is 24.3 Å². The van der Waals surface area contributed by atoms with E-state index in [1.165, 1.54) is 19.3 Å². The van der Waals surface area contributed by atoms with Gasteiger partial charge in [0.05, 0.1) is 0 Å². The Labute approximate surface area is 134 Å². The van der Waals surface area contributed by atoms with Crippen LogP contribution in [0.1, 0.15) is 46.5 Å². The van der Waals surface area contributed by atoms with E-state index < -0.39 is 0 Å². The number of likely N-dealkylation sites (N-methyl/N-ethyl adjacent to an activating group) is 1. The van der Waals surface area contributed by atoms with Crippen LogP contribution in [0.3, 0.4) is 0 Å². The molecule has 0 saturated heterocycles. The Morgan fingerprint density at radius 1 is 1.24 bits per heavy atom. The van der Waals surface area contributed by atoms with Gasteiger partial charge in [-0.15, -0.1) is 0 Å². The highest BCUT2D eigenvalue weighted by atomic mass is 35.5. The molecule has 1 aliphatic rings. The van der Waals surface area contributed by atoms with Crippen molar-refractivity contribution in [2.75, 3.05) is 7.05 Å². The van der Waals surface area contributed by atoms with Gasteiger partial charge >= 0.3 is 0 Å². The molecule has 0 spiro atoms. The lowest BCUT2D eigenvalue weighted by atomic mass is 9.68. The van der Waals surface area contributed by atoms with Crippen molar-refractivity contribution in [2.45, 2.75) is 58.6 Å². The number of rotatable bonds is 5. The van der Waals surface area contributed by atoms with E-state index in [-0.39, 0.29) is 6.10 Å². The molecule has 1 saturated carbocycles. The molecular formula is C18H28ClNO. The van der Waals surface area contributed by atoms with Crippen LogP contribution in [0, 0.1) is 11.3 Å². The van der Waals surface area contributed by atoms with E-state index in [1.54, 1.807) is 0 Å². The molecule has 118 valence electrons. The zero-order valence-corrected chi connectivity index (χ0v) is 14.4. The number of benzene rings is 1. The van der Waals surface area contributed by atoms with E-state index in [4.69, 9.17) is 16.3 Å². The average molecular weight is 310 g/mol. The molecule has 2 rings (SSSR count). The molecule has 0 radical (unpaired) electrons. The predicted octanol–water partition coefficient (Wildman–Crippen LogP) is 4.91. The molecule has 3 atom stereocenters. The summed E-state index contributed by atoms with van der Waals surface area (Å²) in [4.78, 5) is 0. The lowest BCUT2D eigenvalue weighted by molar-refractivity contribution is 0.0414. The highest BCUT2D eigenvalue weighted by molar-refractivity contribution is 6.30. The highest BCUT2D eigenvalue weighted by Gasteiger charge is 2.37. The van der Waals surface area contributed by atoms with Crippen LogP contribution in [-0.2, 0) is 0 Å². The van der Waals surface area contributed by atoms with Gasteiger partial charge in [0.25, 0.3) is 0 Å². The Bertz CT molecular complexity index is 443. The minimum absolute atomic E-state index is 0.237. The number of nitrogens with one attached hydrogen (secondary N) is 1. The first-order chi connectivity index (χ1) is 9.96. The van der Waals surface area contributed by atoms with E-state index in [1.807, 2.05) is 31.3 Å². The van der Waals surface area contributed by atoms with Crippen molar-refractivity contribution in [3.63, 3.8) is 0 Å². The van der Waals surface area contributed by atoms with Crippen LogP contribution in [0.4, 0.5) is 0 Å². The zero-order chi connectivity index (χ0) is 15.5. The Hall–Kier alpha value is -0.730.